The van der Waals surface area contributed by atoms with Gasteiger partial charge >= 0.3 is 6.75 Å². The molecule has 10 heteroatoms. The van der Waals surface area contributed by atoms with Crippen LogP contribution in [0.2, 0.25) is 6.82 Å². The van der Waals surface area contributed by atoms with E-state index in [0.29, 0.717) is 0 Å². The standard InChI is InChI=1S/C13H20BN2O6S.CH3/c1-10-5-7-16(11(17)9-10)8-6-13(2,23(4,19)20)12-15-22-14(3,18)21-12;/h5,7,9,18H,6,8H2,1-4H3;1H3/q-1;+1/t13-,14?;/m1./s1. The molecule has 134 valence electrons. The number of hydrogen-bond donors (Lipinski definition) is 1. The van der Waals surface area contributed by atoms with Crippen molar-refractivity contribution in [2.75, 3.05) is 6.26 Å². The van der Waals surface area contributed by atoms with Crippen molar-refractivity contribution in [1.29, 1.82) is 0 Å². The van der Waals surface area contributed by atoms with Crippen molar-refractivity contribution < 1.29 is 22.9 Å². The molecular formula is C14H23BN2O6S. The van der Waals surface area contributed by atoms with Gasteiger partial charge in [0.1, 0.15) is 4.75 Å². The largest absolute Gasteiger partial charge is 0.645 e. The lowest BCUT2D eigenvalue weighted by Crippen LogP contribution is -2.47. The van der Waals surface area contributed by atoms with Gasteiger partial charge in [0.15, 0.2) is 15.7 Å². The number of aromatic nitrogens is 1. The van der Waals surface area contributed by atoms with E-state index < -0.39 is 21.3 Å². The molecule has 1 aliphatic rings. The highest BCUT2D eigenvalue weighted by atomic mass is 32.2. The normalized spacial score (nSPS) is 22.6. The predicted molar refractivity (Wildman–Crippen MR) is 93.2 cm³/mol. The first-order valence-electron chi connectivity index (χ1n) is 7.17. The number of rotatable bonds is 5. The van der Waals surface area contributed by atoms with E-state index in [1.165, 1.54) is 24.4 Å². The van der Waals surface area contributed by atoms with Crippen molar-refractivity contribution in [2.45, 2.75) is 38.4 Å². The minimum Gasteiger partial charge on any atom is -0.645 e. The Balaban J connectivity index is 0.00000288. The van der Waals surface area contributed by atoms with Gasteiger partial charge in [-0.05, 0) is 31.9 Å². The molecule has 1 aromatic heterocycles. The Hall–Kier alpha value is -1.94. The number of aryl methyl sites for hydroxylation is 2. The van der Waals surface area contributed by atoms with Crippen LogP contribution in [-0.4, -0.2) is 41.7 Å². The monoisotopic (exact) mass is 358 g/mol. The molecule has 1 unspecified atom stereocenters. The molecule has 0 bridgehead atoms. The topological polar surface area (TPSA) is 107 Å². The summed E-state index contributed by atoms with van der Waals surface area (Å²) in [6.07, 6.45) is 2.70. The highest BCUT2D eigenvalue weighted by Crippen LogP contribution is 2.29. The Kier molecular flexibility index (Phi) is 5.46. The van der Waals surface area contributed by atoms with E-state index >= 15 is 0 Å². The van der Waals surface area contributed by atoms with Gasteiger partial charge in [-0.25, -0.2) is 8.42 Å². The highest BCUT2D eigenvalue weighted by molar-refractivity contribution is 7.92. The second-order valence-electron chi connectivity index (χ2n) is 6.15. The second-order valence-corrected chi connectivity index (χ2v) is 8.59. The zero-order chi connectivity index (χ0) is 17.5. The summed E-state index contributed by atoms with van der Waals surface area (Å²) in [5, 5.41) is 13.3. The zero-order valence-electron chi connectivity index (χ0n) is 14.5. The smallest absolute Gasteiger partial charge is 0.507 e. The fourth-order valence-corrected chi connectivity index (χ4v) is 3.06. The first kappa shape index (κ1) is 20.1. The summed E-state index contributed by atoms with van der Waals surface area (Å²) in [6, 6.07) is 3.23. The third-order valence-electron chi connectivity index (χ3n) is 3.91. The van der Waals surface area contributed by atoms with Gasteiger partial charge in [0, 0.05) is 32.5 Å². The summed E-state index contributed by atoms with van der Waals surface area (Å²) >= 11 is 0. The molecule has 0 amide bonds. The summed E-state index contributed by atoms with van der Waals surface area (Å²) in [7, 11) is -3.64. The van der Waals surface area contributed by atoms with Crippen LogP contribution >= 0.6 is 0 Å². The quantitative estimate of drug-likeness (QED) is 0.614. The second kappa shape index (κ2) is 6.52. The Labute approximate surface area is 142 Å². The average molecular weight is 358 g/mol. The van der Waals surface area contributed by atoms with Crippen molar-refractivity contribution in [3.8, 4) is 0 Å². The molecule has 0 aliphatic carbocycles. The molecule has 24 heavy (non-hydrogen) atoms. The molecular weight excluding hydrogens is 335 g/mol. The molecule has 1 aliphatic heterocycles. The molecule has 1 N–H and O–H groups in total. The van der Waals surface area contributed by atoms with Gasteiger partial charge in [-0.15, -0.1) is 5.16 Å². The van der Waals surface area contributed by atoms with E-state index in [1.54, 1.807) is 19.2 Å². The molecule has 1 aromatic rings. The lowest BCUT2D eigenvalue weighted by molar-refractivity contribution is 0.207. The maximum Gasteiger partial charge on any atom is 0.507 e. The van der Waals surface area contributed by atoms with E-state index in [1.807, 2.05) is 0 Å². The summed E-state index contributed by atoms with van der Waals surface area (Å²) < 4.78 is 34.3. The fourth-order valence-electron chi connectivity index (χ4n) is 2.19. The summed E-state index contributed by atoms with van der Waals surface area (Å²) in [6.45, 7) is 2.00. The first-order chi connectivity index (χ1) is 10.4. The van der Waals surface area contributed by atoms with Crippen LogP contribution in [0, 0.1) is 14.4 Å². The van der Waals surface area contributed by atoms with Crippen LogP contribution < -0.4 is 5.56 Å². The van der Waals surface area contributed by atoms with Gasteiger partial charge in [0.2, 0.25) is 0 Å². The Morgan fingerprint density at radius 1 is 1.46 bits per heavy atom. The average Bonchev–Trinajstić information content (AvgIpc) is 2.77. The predicted octanol–water partition coefficient (Wildman–Crippen LogP) is 0.722. The van der Waals surface area contributed by atoms with Crippen molar-refractivity contribution in [3.05, 3.63) is 41.7 Å². The summed E-state index contributed by atoms with van der Waals surface area (Å²) in [5.74, 6) is -0.204. The first-order valence-corrected chi connectivity index (χ1v) is 9.06. The van der Waals surface area contributed by atoms with Crippen molar-refractivity contribution in [2.24, 2.45) is 5.16 Å². The van der Waals surface area contributed by atoms with Crippen LogP contribution in [0.4, 0.5) is 0 Å². The number of nitrogens with zero attached hydrogens (tertiary/aromatic N) is 2. The fraction of sp³-hybridized carbons (Fsp3) is 0.500. The van der Waals surface area contributed by atoms with E-state index in [2.05, 4.69) is 5.16 Å². The minimum absolute atomic E-state index is 0. The lowest BCUT2D eigenvalue weighted by atomic mass is 9.84. The molecule has 2 atom stereocenters. The van der Waals surface area contributed by atoms with Crippen LogP contribution in [0.3, 0.4) is 0 Å². The van der Waals surface area contributed by atoms with E-state index in [-0.39, 0.29) is 31.8 Å². The summed E-state index contributed by atoms with van der Waals surface area (Å²) in [5.41, 5.74) is 0.607. The molecule has 8 nitrogen and oxygen atoms in total. The van der Waals surface area contributed by atoms with Crippen molar-refractivity contribution in [1.82, 2.24) is 4.57 Å². The third kappa shape index (κ3) is 3.93. The van der Waals surface area contributed by atoms with E-state index in [4.69, 9.17) is 9.41 Å². The van der Waals surface area contributed by atoms with Gasteiger partial charge in [0.25, 0.3) is 5.56 Å². The zero-order valence-corrected chi connectivity index (χ0v) is 15.3. The molecule has 0 spiro atoms. The summed E-state index contributed by atoms with van der Waals surface area (Å²) in [4.78, 5) is 11.9. The highest BCUT2D eigenvalue weighted by Gasteiger charge is 2.47. The van der Waals surface area contributed by atoms with Gasteiger partial charge in [0.05, 0.1) is 0 Å². The maximum atomic E-state index is 12.2. The van der Waals surface area contributed by atoms with Gasteiger partial charge < -0.3 is 19.0 Å². The maximum absolute atomic E-state index is 12.2. The van der Waals surface area contributed by atoms with Crippen LogP contribution in [0.5, 0.6) is 0 Å². The van der Waals surface area contributed by atoms with Crippen LogP contribution in [-0.2, 0) is 25.8 Å². The van der Waals surface area contributed by atoms with Crippen LogP contribution in [0.15, 0.2) is 28.3 Å². The Bertz CT molecular complexity index is 802. The van der Waals surface area contributed by atoms with E-state index in [0.717, 1.165) is 11.8 Å². The molecule has 0 radical (unpaired) electrons. The van der Waals surface area contributed by atoms with Gasteiger partial charge in [-0.3, -0.25) is 4.79 Å². The number of sulfone groups is 1. The van der Waals surface area contributed by atoms with E-state index in [9.17, 15) is 18.2 Å². The van der Waals surface area contributed by atoms with Crippen LogP contribution in [0.1, 0.15) is 18.9 Å². The number of pyridine rings is 1. The molecule has 2 rings (SSSR count). The lowest BCUT2D eigenvalue weighted by Gasteiger charge is -2.31. The molecule has 2 heterocycles. The Morgan fingerprint density at radius 3 is 2.54 bits per heavy atom. The molecule has 0 aromatic carbocycles. The third-order valence-corrected chi connectivity index (χ3v) is 5.93. The number of hydrogen-bond acceptors (Lipinski definition) is 7. The minimum atomic E-state index is -3.64. The van der Waals surface area contributed by atoms with Gasteiger partial charge in [-0.1, -0.05) is 6.82 Å². The number of oxime groups is 1. The molecule has 0 saturated heterocycles. The SMILES string of the molecule is Cc1ccn(CC[C@](C)(C2=NO[B-](C)(O)O2)S(C)(=O)=O)c(=O)c1.[CH3+]. The van der Waals surface area contributed by atoms with Gasteiger partial charge in [-0.2, -0.15) is 0 Å². The van der Waals surface area contributed by atoms with Crippen molar-refractivity contribution >= 4 is 22.5 Å². The van der Waals surface area contributed by atoms with Crippen LogP contribution in [0.25, 0.3) is 0 Å². The molecule has 0 fully saturated rings. The van der Waals surface area contributed by atoms with Crippen molar-refractivity contribution in [3.63, 3.8) is 0 Å². The molecule has 0 saturated carbocycles. The Morgan fingerprint density at radius 2 is 2.08 bits per heavy atom.